The molecule has 4 rings (SSSR count). The minimum atomic E-state index is -0.279. The summed E-state index contributed by atoms with van der Waals surface area (Å²) >= 11 is 1.14. The number of benzene rings is 2. The molecule has 0 saturated carbocycles. The fourth-order valence-electron chi connectivity index (χ4n) is 4.23. The van der Waals surface area contributed by atoms with Gasteiger partial charge >= 0.3 is 0 Å². The van der Waals surface area contributed by atoms with Crippen LogP contribution in [0.4, 0.5) is 0 Å². The summed E-state index contributed by atoms with van der Waals surface area (Å²) in [5.74, 6) is -0.227. The van der Waals surface area contributed by atoms with E-state index in [0.29, 0.717) is 43.9 Å². The Bertz CT molecular complexity index is 1080. The number of hydrogen-bond donors (Lipinski definition) is 0. The summed E-state index contributed by atoms with van der Waals surface area (Å²) in [5.41, 5.74) is 4.12. The lowest BCUT2D eigenvalue weighted by Gasteiger charge is -2.23. The van der Waals surface area contributed by atoms with Crippen molar-refractivity contribution in [2.24, 2.45) is 5.92 Å². The van der Waals surface area contributed by atoms with Crippen molar-refractivity contribution >= 4 is 23.3 Å². The second kappa shape index (κ2) is 10.0. The number of rotatable bonds is 6. The average Bonchev–Trinajstić information content (AvgIpc) is 3.26. The van der Waals surface area contributed by atoms with E-state index in [9.17, 15) is 9.59 Å². The van der Waals surface area contributed by atoms with Crippen molar-refractivity contribution < 1.29 is 9.59 Å². The molecule has 2 amide bonds. The number of carbonyl (C=O) groups is 2. The van der Waals surface area contributed by atoms with Gasteiger partial charge in [-0.05, 0) is 48.0 Å². The van der Waals surface area contributed by atoms with Gasteiger partial charge in [0.2, 0.25) is 5.91 Å². The molecule has 166 valence electrons. The molecule has 1 aliphatic heterocycles. The minimum Gasteiger partial charge on any atom is -0.341 e. The zero-order valence-corrected chi connectivity index (χ0v) is 19.3. The van der Waals surface area contributed by atoms with Gasteiger partial charge in [-0.25, -0.2) is 0 Å². The van der Waals surface area contributed by atoms with Gasteiger partial charge in [-0.2, -0.15) is 0 Å². The van der Waals surface area contributed by atoms with Gasteiger partial charge in [0.15, 0.2) is 0 Å². The molecule has 7 heteroatoms. The Balaban J connectivity index is 1.58. The van der Waals surface area contributed by atoms with Gasteiger partial charge in [0.25, 0.3) is 5.91 Å². The smallest absolute Gasteiger partial charge is 0.267 e. The van der Waals surface area contributed by atoms with Gasteiger partial charge in [0.05, 0.1) is 11.6 Å². The van der Waals surface area contributed by atoms with E-state index >= 15 is 0 Å². The molecule has 2 aromatic carbocycles. The summed E-state index contributed by atoms with van der Waals surface area (Å²) in [7, 11) is 0. The van der Waals surface area contributed by atoms with E-state index in [4.69, 9.17) is 0 Å². The highest BCUT2D eigenvalue weighted by Crippen LogP contribution is 2.24. The molecule has 0 bridgehead atoms. The Morgan fingerprint density at radius 2 is 1.84 bits per heavy atom. The van der Waals surface area contributed by atoms with E-state index in [1.807, 2.05) is 47.9 Å². The molecule has 1 atom stereocenters. The maximum Gasteiger partial charge on any atom is 0.267 e. The van der Waals surface area contributed by atoms with Crippen LogP contribution in [0.1, 0.15) is 34.8 Å². The number of amides is 2. The molecular formula is C25H28N4O2S. The quantitative estimate of drug-likeness (QED) is 0.573. The van der Waals surface area contributed by atoms with Crippen LogP contribution >= 0.6 is 11.5 Å². The first-order valence-electron chi connectivity index (χ1n) is 11.1. The predicted molar refractivity (Wildman–Crippen MR) is 127 cm³/mol. The van der Waals surface area contributed by atoms with E-state index in [0.717, 1.165) is 33.9 Å². The Kier molecular flexibility index (Phi) is 6.95. The molecule has 6 nitrogen and oxygen atoms in total. The monoisotopic (exact) mass is 448 g/mol. The molecular weight excluding hydrogens is 420 g/mol. The van der Waals surface area contributed by atoms with Gasteiger partial charge in [-0.15, -0.1) is 5.10 Å². The third-order valence-corrected chi connectivity index (χ3v) is 6.77. The predicted octanol–water partition coefficient (Wildman–Crippen LogP) is 3.93. The molecule has 0 radical (unpaired) electrons. The standard InChI is InChI=1S/C25H28N4O2S/c1-3-22-23(32-27-26-22)25(31)29-14-13-28(4-2)24(30)21(17-29)16-18-9-8-12-20(15-18)19-10-6-5-7-11-19/h5-12,15,21H,3-4,13-14,16-17H2,1-2H3. The Hall–Kier alpha value is -3.06. The maximum absolute atomic E-state index is 13.3. The van der Waals surface area contributed by atoms with Crippen LogP contribution in [-0.2, 0) is 17.6 Å². The highest BCUT2D eigenvalue weighted by Gasteiger charge is 2.33. The number of carbonyl (C=O) groups excluding carboxylic acids is 2. The van der Waals surface area contributed by atoms with Crippen LogP contribution in [0.5, 0.6) is 0 Å². The molecule has 0 aliphatic carbocycles. The first kappa shape index (κ1) is 22.1. The second-order valence-corrected chi connectivity index (χ2v) is 8.79. The lowest BCUT2D eigenvalue weighted by atomic mass is 9.94. The third kappa shape index (κ3) is 4.72. The van der Waals surface area contributed by atoms with Crippen LogP contribution in [-0.4, -0.2) is 57.4 Å². The van der Waals surface area contributed by atoms with Crippen molar-refractivity contribution in [3.63, 3.8) is 0 Å². The highest BCUT2D eigenvalue weighted by atomic mass is 32.1. The van der Waals surface area contributed by atoms with Gasteiger partial charge in [0.1, 0.15) is 4.88 Å². The second-order valence-electron chi connectivity index (χ2n) is 8.04. The summed E-state index contributed by atoms with van der Waals surface area (Å²) in [6.07, 6.45) is 1.27. The summed E-state index contributed by atoms with van der Waals surface area (Å²) in [4.78, 5) is 30.8. The largest absolute Gasteiger partial charge is 0.341 e. The van der Waals surface area contributed by atoms with E-state index in [1.165, 1.54) is 0 Å². The first-order chi connectivity index (χ1) is 15.6. The topological polar surface area (TPSA) is 66.4 Å². The molecule has 1 saturated heterocycles. The van der Waals surface area contributed by atoms with E-state index in [-0.39, 0.29) is 17.7 Å². The van der Waals surface area contributed by atoms with Crippen molar-refractivity contribution in [2.75, 3.05) is 26.2 Å². The summed E-state index contributed by atoms with van der Waals surface area (Å²) in [5, 5.41) is 4.09. The number of likely N-dealkylation sites (N-methyl/N-ethyl adjacent to an activating group) is 1. The third-order valence-electron chi connectivity index (χ3n) is 6.01. The Morgan fingerprint density at radius 3 is 2.59 bits per heavy atom. The maximum atomic E-state index is 13.3. The zero-order chi connectivity index (χ0) is 22.5. The molecule has 0 spiro atoms. The van der Waals surface area contributed by atoms with E-state index < -0.39 is 0 Å². The summed E-state index contributed by atoms with van der Waals surface area (Å²) < 4.78 is 3.97. The minimum absolute atomic E-state index is 0.0642. The van der Waals surface area contributed by atoms with Crippen LogP contribution in [0.15, 0.2) is 54.6 Å². The van der Waals surface area contributed by atoms with Crippen LogP contribution in [0.25, 0.3) is 11.1 Å². The molecule has 1 unspecified atom stereocenters. The SMILES string of the molecule is CCc1nnsc1C(=O)N1CCN(CC)C(=O)C(Cc2cccc(-c3ccccc3)c2)C1. The van der Waals surface area contributed by atoms with Crippen molar-refractivity contribution in [3.8, 4) is 11.1 Å². The molecule has 32 heavy (non-hydrogen) atoms. The lowest BCUT2D eigenvalue weighted by molar-refractivity contribution is -0.134. The van der Waals surface area contributed by atoms with E-state index in [1.54, 1.807) is 0 Å². The van der Waals surface area contributed by atoms with Gasteiger partial charge < -0.3 is 9.80 Å². The number of aromatic nitrogens is 2. The molecule has 1 aliphatic rings. The molecule has 1 fully saturated rings. The Morgan fingerprint density at radius 1 is 1.06 bits per heavy atom. The average molecular weight is 449 g/mol. The van der Waals surface area contributed by atoms with Gasteiger partial charge in [-0.1, -0.05) is 66.0 Å². The van der Waals surface area contributed by atoms with Crippen LogP contribution in [0.3, 0.4) is 0 Å². The Labute approximate surface area is 193 Å². The first-order valence-corrected chi connectivity index (χ1v) is 11.9. The van der Waals surface area contributed by atoms with Gasteiger partial charge in [0, 0.05) is 26.2 Å². The molecule has 3 aromatic rings. The van der Waals surface area contributed by atoms with E-state index in [2.05, 4.69) is 39.9 Å². The van der Waals surface area contributed by atoms with Crippen molar-refractivity contribution in [1.29, 1.82) is 0 Å². The summed E-state index contributed by atoms with van der Waals surface area (Å²) in [6, 6.07) is 18.6. The van der Waals surface area contributed by atoms with Crippen LogP contribution < -0.4 is 0 Å². The van der Waals surface area contributed by atoms with Crippen LogP contribution in [0, 0.1) is 5.92 Å². The van der Waals surface area contributed by atoms with Crippen LogP contribution in [0.2, 0.25) is 0 Å². The highest BCUT2D eigenvalue weighted by molar-refractivity contribution is 7.08. The van der Waals surface area contributed by atoms with Crippen molar-refractivity contribution in [1.82, 2.24) is 19.4 Å². The lowest BCUT2D eigenvalue weighted by Crippen LogP contribution is -2.38. The number of hydrogen-bond acceptors (Lipinski definition) is 5. The fraction of sp³-hybridized carbons (Fsp3) is 0.360. The number of nitrogens with zero attached hydrogens (tertiary/aromatic N) is 4. The molecule has 0 N–H and O–H groups in total. The van der Waals surface area contributed by atoms with Crippen molar-refractivity contribution in [3.05, 3.63) is 70.7 Å². The van der Waals surface area contributed by atoms with Crippen molar-refractivity contribution in [2.45, 2.75) is 26.7 Å². The molecule has 2 heterocycles. The normalized spacial score (nSPS) is 16.8. The summed E-state index contributed by atoms with van der Waals surface area (Å²) in [6.45, 7) is 6.09. The van der Waals surface area contributed by atoms with Gasteiger partial charge in [-0.3, -0.25) is 9.59 Å². The zero-order valence-electron chi connectivity index (χ0n) is 18.5. The number of aryl methyl sites for hydroxylation is 1. The fourth-order valence-corrected chi connectivity index (χ4v) is 4.95. The molecule has 1 aromatic heterocycles.